The van der Waals surface area contributed by atoms with Crippen LogP contribution in [0.2, 0.25) is 5.02 Å². The number of ketones is 1. The van der Waals surface area contributed by atoms with Crippen molar-refractivity contribution in [2.45, 2.75) is 0 Å². The second-order valence-electron chi connectivity index (χ2n) is 6.48. The summed E-state index contributed by atoms with van der Waals surface area (Å²) in [6, 6.07) is 23.8. The van der Waals surface area contributed by atoms with Crippen LogP contribution in [0.3, 0.4) is 0 Å². The fourth-order valence-electron chi connectivity index (χ4n) is 3.02. The molecule has 3 aromatic carbocycles. The molecular weight excluding hydrogens is 396 g/mol. The summed E-state index contributed by atoms with van der Waals surface area (Å²) in [5, 5.41) is 4.99. The summed E-state index contributed by atoms with van der Waals surface area (Å²) < 4.78 is 7.46. The lowest BCUT2D eigenvalue weighted by Crippen LogP contribution is -2.04. The molecule has 0 radical (unpaired) electrons. The van der Waals surface area contributed by atoms with Crippen LogP contribution >= 0.6 is 11.6 Å². The van der Waals surface area contributed by atoms with Gasteiger partial charge in [-0.1, -0.05) is 48.5 Å². The molecule has 0 saturated heterocycles. The van der Waals surface area contributed by atoms with Crippen LogP contribution in [0.5, 0.6) is 11.5 Å². The summed E-state index contributed by atoms with van der Waals surface area (Å²) in [5.41, 5.74) is 4.99. The van der Waals surface area contributed by atoms with E-state index in [0.29, 0.717) is 27.6 Å². The number of halogens is 1. The largest absolute Gasteiger partial charge is 0.457 e. The quantitative estimate of drug-likeness (QED) is 0.269. The van der Waals surface area contributed by atoms with Crippen molar-refractivity contribution in [3.05, 3.63) is 114 Å². The Morgan fingerprint density at radius 2 is 1.73 bits per heavy atom. The first-order valence-electron chi connectivity index (χ1n) is 9.23. The van der Waals surface area contributed by atoms with Crippen LogP contribution in [0.15, 0.2) is 97.4 Å². The highest BCUT2D eigenvalue weighted by Crippen LogP contribution is 2.30. The smallest absolute Gasteiger partial charge is 0.213 e. The summed E-state index contributed by atoms with van der Waals surface area (Å²) in [5.74, 6) is 1.19. The number of nitrogens with zero attached hydrogens (tertiary/aromatic N) is 2. The highest BCUT2D eigenvalue weighted by atomic mass is 35.5. The second kappa shape index (κ2) is 8.66. The molecule has 4 rings (SSSR count). The van der Waals surface area contributed by atoms with E-state index in [2.05, 4.69) is 17.4 Å². The maximum absolute atomic E-state index is 13.1. The zero-order valence-corrected chi connectivity index (χ0v) is 16.7. The molecule has 0 unspecified atom stereocenters. The lowest BCUT2D eigenvalue weighted by Gasteiger charge is -2.08. The van der Waals surface area contributed by atoms with Crippen molar-refractivity contribution in [3.63, 3.8) is 0 Å². The Morgan fingerprint density at radius 3 is 2.47 bits per heavy atom. The minimum Gasteiger partial charge on any atom is -0.457 e. The van der Waals surface area contributed by atoms with E-state index in [1.807, 2.05) is 54.6 Å². The minimum absolute atomic E-state index is 0.202. The first kappa shape index (κ1) is 19.5. The molecule has 0 N–H and O–H groups in total. The topological polar surface area (TPSA) is 44.1 Å². The molecule has 0 fully saturated rings. The molecule has 0 aliphatic heterocycles. The summed E-state index contributed by atoms with van der Waals surface area (Å²) in [6.07, 6.45) is 3.33. The monoisotopic (exact) mass is 412 g/mol. The van der Waals surface area contributed by atoms with Crippen LogP contribution in [-0.2, 0) is 0 Å². The average Bonchev–Trinajstić information content (AvgIpc) is 3.19. The molecule has 0 aliphatic rings. The molecule has 4 aromatic rings. The van der Waals surface area contributed by atoms with Crippen LogP contribution in [-0.4, -0.2) is 15.6 Å². The summed E-state index contributed by atoms with van der Waals surface area (Å²) in [4.78, 5) is 13.1. The molecule has 1 heterocycles. The fraction of sp³-hybridized carbons (Fsp3) is 0. The van der Waals surface area contributed by atoms with E-state index in [9.17, 15) is 4.79 Å². The lowest BCUT2D eigenvalue weighted by atomic mass is 10.0. The van der Waals surface area contributed by atoms with E-state index < -0.39 is 0 Å². The van der Waals surface area contributed by atoms with Crippen LogP contribution < -0.4 is 4.74 Å². The SMILES string of the molecule is C=C=Cn1cc(-c2cccc(Oc3ccccc3)c2)c(C(=O)c2ccc(Cl)cc2)n1. The average molecular weight is 413 g/mol. The van der Waals surface area contributed by atoms with Gasteiger partial charge in [-0.2, -0.15) is 5.10 Å². The second-order valence-corrected chi connectivity index (χ2v) is 6.92. The van der Waals surface area contributed by atoms with Crippen molar-refractivity contribution in [2.75, 3.05) is 0 Å². The summed E-state index contributed by atoms with van der Waals surface area (Å²) in [7, 11) is 0. The molecule has 4 nitrogen and oxygen atoms in total. The molecular formula is C25H17ClN2O2. The first-order valence-corrected chi connectivity index (χ1v) is 9.60. The van der Waals surface area contributed by atoms with Gasteiger partial charge in [-0.05, 0) is 54.1 Å². The zero-order chi connectivity index (χ0) is 20.9. The Bertz CT molecular complexity index is 1240. The van der Waals surface area contributed by atoms with E-state index >= 15 is 0 Å². The molecule has 0 spiro atoms. The fourth-order valence-corrected chi connectivity index (χ4v) is 3.15. The molecule has 5 heteroatoms. The molecule has 146 valence electrons. The number of benzene rings is 3. The van der Waals surface area contributed by atoms with Gasteiger partial charge in [0.1, 0.15) is 17.2 Å². The number of carbonyl (C=O) groups is 1. The molecule has 0 bridgehead atoms. The third-order valence-electron chi connectivity index (χ3n) is 4.40. The zero-order valence-electron chi connectivity index (χ0n) is 16.0. The van der Waals surface area contributed by atoms with E-state index in [-0.39, 0.29) is 5.78 Å². The van der Waals surface area contributed by atoms with Crippen molar-refractivity contribution >= 4 is 23.6 Å². The van der Waals surface area contributed by atoms with E-state index in [0.717, 1.165) is 11.3 Å². The predicted octanol–water partition coefficient (Wildman–Crippen LogP) is 6.48. The Labute approximate surface area is 179 Å². The van der Waals surface area contributed by atoms with Gasteiger partial charge in [0.2, 0.25) is 5.78 Å². The number of hydrogen-bond donors (Lipinski definition) is 0. The maximum Gasteiger partial charge on any atom is 0.213 e. The normalized spacial score (nSPS) is 10.3. The number of rotatable bonds is 6. The van der Waals surface area contributed by atoms with Gasteiger partial charge in [0, 0.05) is 22.3 Å². The van der Waals surface area contributed by atoms with Crippen molar-refractivity contribution in [1.29, 1.82) is 0 Å². The third-order valence-corrected chi connectivity index (χ3v) is 4.65. The van der Waals surface area contributed by atoms with Gasteiger partial charge in [-0.25, -0.2) is 4.68 Å². The van der Waals surface area contributed by atoms with Crippen molar-refractivity contribution in [1.82, 2.24) is 9.78 Å². The van der Waals surface area contributed by atoms with Gasteiger partial charge in [0.25, 0.3) is 0 Å². The molecule has 1 aromatic heterocycles. The maximum atomic E-state index is 13.1. The van der Waals surface area contributed by atoms with Crippen LogP contribution in [0.4, 0.5) is 0 Å². The van der Waals surface area contributed by atoms with E-state index in [1.165, 1.54) is 4.68 Å². The Kier molecular flexibility index (Phi) is 5.62. The minimum atomic E-state index is -0.202. The number of hydrogen-bond acceptors (Lipinski definition) is 3. The molecule has 30 heavy (non-hydrogen) atoms. The highest BCUT2D eigenvalue weighted by molar-refractivity contribution is 6.30. The highest BCUT2D eigenvalue weighted by Gasteiger charge is 2.20. The van der Waals surface area contributed by atoms with Crippen molar-refractivity contribution in [2.24, 2.45) is 0 Å². The van der Waals surface area contributed by atoms with Gasteiger partial charge < -0.3 is 4.74 Å². The number of ether oxygens (including phenoxy) is 1. The molecule has 0 saturated carbocycles. The van der Waals surface area contributed by atoms with Crippen LogP contribution in [0.25, 0.3) is 17.3 Å². The van der Waals surface area contributed by atoms with Gasteiger partial charge in [-0.15, -0.1) is 5.73 Å². The Morgan fingerprint density at radius 1 is 1.00 bits per heavy atom. The van der Waals surface area contributed by atoms with Gasteiger partial charge in [0.05, 0.1) is 6.20 Å². The number of carbonyl (C=O) groups excluding carboxylic acids is 1. The van der Waals surface area contributed by atoms with Gasteiger partial charge in [0.15, 0.2) is 0 Å². The number of para-hydroxylation sites is 1. The molecule has 0 aliphatic carbocycles. The number of aromatic nitrogens is 2. The van der Waals surface area contributed by atoms with Crippen LogP contribution in [0.1, 0.15) is 16.1 Å². The predicted molar refractivity (Wildman–Crippen MR) is 119 cm³/mol. The van der Waals surface area contributed by atoms with E-state index in [1.54, 1.807) is 36.7 Å². The summed E-state index contributed by atoms with van der Waals surface area (Å²) in [6.45, 7) is 3.58. The van der Waals surface area contributed by atoms with Gasteiger partial charge >= 0.3 is 0 Å². The summed E-state index contributed by atoms with van der Waals surface area (Å²) >= 11 is 5.95. The third kappa shape index (κ3) is 4.26. The van der Waals surface area contributed by atoms with E-state index in [4.69, 9.17) is 16.3 Å². The first-order chi connectivity index (χ1) is 14.6. The van der Waals surface area contributed by atoms with Gasteiger partial charge in [-0.3, -0.25) is 4.79 Å². The van der Waals surface area contributed by atoms with Crippen molar-refractivity contribution in [3.8, 4) is 22.6 Å². The van der Waals surface area contributed by atoms with Crippen molar-refractivity contribution < 1.29 is 9.53 Å². The van der Waals surface area contributed by atoms with Crippen LogP contribution in [0, 0.1) is 0 Å². The molecule has 0 amide bonds. The Balaban J connectivity index is 1.75. The molecule has 0 atom stereocenters. The lowest BCUT2D eigenvalue weighted by molar-refractivity contribution is 0.103. The Hall–Kier alpha value is -3.85. The standard InChI is InChI=1S/C25H17ClN2O2/c1-2-15-28-17-23(24(27-28)25(29)18-11-13-20(26)14-12-18)19-7-6-10-22(16-19)30-21-8-4-3-5-9-21/h3-17H,1H2.